The first-order chi connectivity index (χ1) is 13.6. The Morgan fingerprint density at radius 2 is 1.38 bits per heavy atom. The average Bonchev–Trinajstić information content (AvgIpc) is 2.68. The second-order valence-corrected chi connectivity index (χ2v) is 8.85. The SMILES string of the molecule is CCC(C)(C)CC(C)(CC)OC(=O)Cc1ccc(/N=N/c2ccc(C)cc2)cc1. The lowest BCUT2D eigenvalue weighted by Crippen LogP contribution is -2.36. The van der Waals surface area contributed by atoms with E-state index in [1.807, 2.05) is 62.4 Å². The zero-order valence-electron chi connectivity index (χ0n) is 18.7. The molecule has 0 aliphatic heterocycles. The number of azo groups is 1. The van der Waals surface area contributed by atoms with Crippen molar-refractivity contribution in [2.45, 2.75) is 72.8 Å². The van der Waals surface area contributed by atoms with Gasteiger partial charge in [-0.15, -0.1) is 0 Å². The standard InChI is InChI=1S/C25H34N2O2/c1-7-24(4,5)18-25(6,8-2)29-23(28)17-20-11-15-22(16-12-20)27-26-21-13-9-19(3)10-14-21/h9-16H,7-8,17-18H2,1-6H3/b27-26+. The van der Waals surface area contributed by atoms with Crippen LogP contribution in [0.5, 0.6) is 0 Å². The third-order valence-electron chi connectivity index (χ3n) is 5.52. The van der Waals surface area contributed by atoms with Crippen LogP contribution in [-0.4, -0.2) is 11.6 Å². The lowest BCUT2D eigenvalue weighted by Gasteiger charge is -2.36. The number of esters is 1. The molecule has 0 radical (unpaired) electrons. The summed E-state index contributed by atoms with van der Waals surface area (Å²) in [6, 6.07) is 15.5. The Morgan fingerprint density at radius 3 is 1.86 bits per heavy atom. The number of rotatable bonds is 9. The molecule has 0 aliphatic carbocycles. The lowest BCUT2D eigenvalue weighted by atomic mass is 9.78. The summed E-state index contributed by atoms with van der Waals surface area (Å²) in [6.45, 7) is 12.8. The highest BCUT2D eigenvalue weighted by Crippen LogP contribution is 2.35. The van der Waals surface area contributed by atoms with Crippen molar-refractivity contribution in [3.8, 4) is 0 Å². The Kier molecular flexibility index (Phi) is 7.72. The van der Waals surface area contributed by atoms with Crippen LogP contribution < -0.4 is 0 Å². The van der Waals surface area contributed by atoms with Gasteiger partial charge in [0.1, 0.15) is 5.60 Å². The third-order valence-corrected chi connectivity index (χ3v) is 5.52. The molecule has 0 saturated carbocycles. The van der Waals surface area contributed by atoms with Gasteiger partial charge in [-0.1, -0.05) is 63.9 Å². The quantitative estimate of drug-likeness (QED) is 0.327. The molecule has 0 fully saturated rings. The van der Waals surface area contributed by atoms with Crippen LogP contribution in [0.3, 0.4) is 0 Å². The minimum Gasteiger partial charge on any atom is -0.459 e. The largest absolute Gasteiger partial charge is 0.459 e. The normalized spacial score (nSPS) is 14.0. The third kappa shape index (κ3) is 7.45. The van der Waals surface area contributed by atoms with Crippen molar-refractivity contribution in [1.29, 1.82) is 0 Å². The number of ether oxygens (including phenoxy) is 1. The van der Waals surface area contributed by atoms with Gasteiger partial charge in [-0.3, -0.25) is 4.79 Å². The van der Waals surface area contributed by atoms with E-state index in [2.05, 4.69) is 37.9 Å². The molecule has 0 amide bonds. The predicted molar refractivity (Wildman–Crippen MR) is 119 cm³/mol. The van der Waals surface area contributed by atoms with Crippen LogP contribution in [0.1, 0.15) is 65.0 Å². The van der Waals surface area contributed by atoms with Crippen LogP contribution in [0, 0.1) is 12.3 Å². The van der Waals surface area contributed by atoms with Gasteiger partial charge in [0.05, 0.1) is 17.8 Å². The molecule has 0 aliphatic rings. The summed E-state index contributed by atoms with van der Waals surface area (Å²) < 4.78 is 5.89. The minimum atomic E-state index is -0.432. The van der Waals surface area contributed by atoms with Crippen LogP contribution in [0.4, 0.5) is 11.4 Å². The van der Waals surface area contributed by atoms with Crippen LogP contribution in [0.25, 0.3) is 0 Å². The molecular formula is C25H34N2O2. The van der Waals surface area contributed by atoms with Gasteiger partial charge >= 0.3 is 5.97 Å². The molecule has 4 heteroatoms. The van der Waals surface area contributed by atoms with E-state index in [9.17, 15) is 4.79 Å². The fraction of sp³-hybridized carbons (Fsp3) is 0.480. The van der Waals surface area contributed by atoms with Crippen LogP contribution in [0.2, 0.25) is 0 Å². The Balaban J connectivity index is 1.96. The smallest absolute Gasteiger partial charge is 0.310 e. The maximum absolute atomic E-state index is 12.5. The number of carbonyl (C=O) groups is 1. The minimum absolute atomic E-state index is 0.148. The molecule has 0 N–H and O–H groups in total. The van der Waals surface area contributed by atoms with Crippen molar-refractivity contribution >= 4 is 17.3 Å². The van der Waals surface area contributed by atoms with Crippen molar-refractivity contribution in [1.82, 2.24) is 0 Å². The van der Waals surface area contributed by atoms with Gasteiger partial charge in [-0.25, -0.2) is 0 Å². The van der Waals surface area contributed by atoms with Crippen molar-refractivity contribution in [3.63, 3.8) is 0 Å². The van der Waals surface area contributed by atoms with Gasteiger partial charge in [0.15, 0.2) is 0 Å². The van der Waals surface area contributed by atoms with Crippen LogP contribution in [-0.2, 0) is 16.0 Å². The molecule has 1 atom stereocenters. The second-order valence-electron chi connectivity index (χ2n) is 8.85. The summed E-state index contributed by atoms with van der Waals surface area (Å²) in [7, 11) is 0. The van der Waals surface area contributed by atoms with Crippen LogP contribution >= 0.6 is 0 Å². The molecule has 4 nitrogen and oxygen atoms in total. The van der Waals surface area contributed by atoms with Crippen molar-refractivity contribution in [2.24, 2.45) is 15.6 Å². The maximum atomic E-state index is 12.5. The molecule has 2 aromatic rings. The number of hydrogen-bond donors (Lipinski definition) is 0. The maximum Gasteiger partial charge on any atom is 0.310 e. The summed E-state index contributed by atoms with van der Waals surface area (Å²) in [5.41, 5.74) is 3.39. The van der Waals surface area contributed by atoms with E-state index in [1.165, 1.54) is 5.56 Å². The fourth-order valence-corrected chi connectivity index (χ4v) is 3.26. The van der Waals surface area contributed by atoms with E-state index >= 15 is 0 Å². The lowest BCUT2D eigenvalue weighted by molar-refractivity contribution is -0.160. The van der Waals surface area contributed by atoms with Gasteiger partial charge in [0.25, 0.3) is 0 Å². The summed E-state index contributed by atoms with van der Waals surface area (Å²) in [5, 5.41) is 8.50. The van der Waals surface area contributed by atoms with Gasteiger partial charge in [-0.05, 0) is 61.9 Å². The molecular weight excluding hydrogens is 360 g/mol. The topological polar surface area (TPSA) is 51.0 Å². The van der Waals surface area contributed by atoms with Crippen molar-refractivity contribution < 1.29 is 9.53 Å². The average molecular weight is 395 g/mol. The highest BCUT2D eigenvalue weighted by atomic mass is 16.6. The molecule has 1 unspecified atom stereocenters. The van der Waals surface area contributed by atoms with Crippen molar-refractivity contribution in [2.75, 3.05) is 0 Å². The Bertz CT molecular complexity index is 823. The molecule has 0 aromatic heterocycles. The predicted octanol–water partition coefficient (Wildman–Crippen LogP) is 7.49. The highest BCUT2D eigenvalue weighted by molar-refractivity contribution is 5.73. The summed E-state index contributed by atoms with van der Waals surface area (Å²) >= 11 is 0. The van der Waals surface area contributed by atoms with Crippen LogP contribution in [0.15, 0.2) is 58.8 Å². The molecule has 0 heterocycles. The van der Waals surface area contributed by atoms with Crippen molar-refractivity contribution in [3.05, 3.63) is 59.7 Å². The summed E-state index contributed by atoms with van der Waals surface area (Å²) in [4.78, 5) is 12.5. The molecule has 0 spiro atoms. The van der Waals surface area contributed by atoms with E-state index in [0.29, 0.717) is 0 Å². The second kappa shape index (κ2) is 9.82. The highest BCUT2D eigenvalue weighted by Gasteiger charge is 2.33. The zero-order valence-corrected chi connectivity index (χ0v) is 18.7. The number of carbonyl (C=O) groups excluding carboxylic acids is 1. The molecule has 0 bridgehead atoms. The van der Waals surface area contributed by atoms with Gasteiger partial charge in [-0.2, -0.15) is 10.2 Å². The van der Waals surface area contributed by atoms with E-state index in [-0.39, 0.29) is 17.8 Å². The van der Waals surface area contributed by atoms with Gasteiger partial charge < -0.3 is 4.74 Å². The first kappa shape index (κ1) is 22.8. The monoisotopic (exact) mass is 394 g/mol. The zero-order chi connectivity index (χ0) is 21.5. The molecule has 29 heavy (non-hydrogen) atoms. The summed E-state index contributed by atoms with van der Waals surface area (Å²) in [5.74, 6) is -0.185. The Labute approximate surface area is 175 Å². The van der Waals surface area contributed by atoms with Gasteiger partial charge in [0.2, 0.25) is 0 Å². The van der Waals surface area contributed by atoms with Gasteiger partial charge in [0, 0.05) is 0 Å². The fourth-order valence-electron chi connectivity index (χ4n) is 3.26. The molecule has 0 saturated heterocycles. The summed E-state index contributed by atoms with van der Waals surface area (Å²) in [6.07, 6.45) is 2.98. The van der Waals surface area contributed by atoms with E-state index < -0.39 is 5.60 Å². The molecule has 2 aromatic carbocycles. The number of hydrogen-bond acceptors (Lipinski definition) is 4. The first-order valence-electron chi connectivity index (χ1n) is 10.4. The van der Waals surface area contributed by atoms with E-state index in [0.717, 1.165) is 36.2 Å². The number of nitrogens with zero attached hydrogens (tertiary/aromatic N) is 2. The Morgan fingerprint density at radius 1 is 0.862 bits per heavy atom. The molecule has 2 rings (SSSR count). The first-order valence-corrected chi connectivity index (χ1v) is 10.4. The number of benzene rings is 2. The van der Waals surface area contributed by atoms with E-state index in [4.69, 9.17) is 4.74 Å². The molecule has 156 valence electrons. The number of aryl methyl sites for hydroxylation is 1. The Hall–Kier alpha value is -2.49. The van der Waals surface area contributed by atoms with E-state index in [1.54, 1.807) is 0 Å².